The monoisotopic (exact) mass is 405 g/mol. The second-order valence-electron chi connectivity index (χ2n) is 5.97. The number of nitrogens with one attached hydrogen (secondary N) is 1. The lowest BCUT2D eigenvalue weighted by molar-refractivity contribution is -0.136. The van der Waals surface area contributed by atoms with Crippen LogP contribution in [0.3, 0.4) is 0 Å². The van der Waals surface area contributed by atoms with Crippen molar-refractivity contribution >= 4 is 23.4 Å². The van der Waals surface area contributed by atoms with E-state index in [2.05, 4.69) is 5.32 Å². The van der Waals surface area contributed by atoms with Gasteiger partial charge in [0.2, 0.25) is 0 Å². The molecule has 144 valence electrons. The van der Waals surface area contributed by atoms with Gasteiger partial charge in [-0.3, -0.25) is 5.32 Å². The van der Waals surface area contributed by atoms with Crippen molar-refractivity contribution in [2.45, 2.75) is 12.6 Å². The van der Waals surface area contributed by atoms with Crippen LogP contribution in [0.15, 0.2) is 72.8 Å². The third-order valence-electron chi connectivity index (χ3n) is 3.93. The maximum atomic E-state index is 13.1. The lowest BCUT2D eigenvalue weighted by Gasteiger charge is -2.15. The number of carbonyl (C=O) groups excluding carboxylic acids is 1. The molecule has 0 aliphatic rings. The van der Waals surface area contributed by atoms with Crippen molar-refractivity contribution in [3.05, 3.63) is 94.5 Å². The van der Waals surface area contributed by atoms with Crippen molar-refractivity contribution in [2.24, 2.45) is 0 Å². The molecule has 1 N–H and O–H groups in total. The van der Waals surface area contributed by atoms with Crippen molar-refractivity contribution in [1.82, 2.24) is 0 Å². The van der Waals surface area contributed by atoms with Crippen LogP contribution in [-0.2, 0) is 12.6 Å². The number of alkyl halides is 3. The van der Waals surface area contributed by atoms with Crippen molar-refractivity contribution in [1.29, 1.82) is 0 Å². The van der Waals surface area contributed by atoms with E-state index in [-0.39, 0.29) is 11.4 Å². The first-order valence-electron chi connectivity index (χ1n) is 8.30. The highest BCUT2D eigenvalue weighted by Gasteiger charge is 2.33. The summed E-state index contributed by atoms with van der Waals surface area (Å²) in [5.41, 5.74) is 0.279. The zero-order valence-electron chi connectivity index (χ0n) is 14.5. The summed E-state index contributed by atoms with van der Waals surface area (Å²) >= 11 is 6.04. The standard InChI is InChI=1S/C21H15ClF3NO2/c22-16-10-11-19(15(13-16)12-14-6-2-1-3-7-14)28-20(27)26-18-9-5-4-8-17(18)21(23,24)25/h1-11,13H,12H2,(H,26,27). The van der Waals surface area contributed by atoms with Gasteiger partial charge < -0.3 is 4.74 Å². The van der Waals surface area contributed by atoms with E-state index in [1.807, 2.05) is 30.3 Å². The molecule has 0 bridgehead atoms. The molecule has 0 fully saturated rings. The Kier molecular flexibility index (Phi) is 5.90. The summed E-state index contributed by atoms with van der Waals surface area (Å²) in [6, 6.07) is 18.8. The minimum atomic E-state index is -4.59. The van der Waals surface area contributed by atoms with Crippen molar-refractivity contribution in [3.8, 4) is 5.75 Å². The summed E-state index contributed by atoms with van der Waals surface area (Å²) in [6.45, 7) is 0. The topological polar surface area (TPSA) is 38.3 Å². The first-order chi connectivity index (χ1) is 13.3. The van der Waals surface area contributed by atoms with Crippen LogP contribution in [-0.4, -0.2) is 6.09 Å². The quantitative estimate of drug-likeness (QED) is 0.533. The molecule has 0 aromatic heterocycles. The number of anilines is 1. The number of rotatable bonds is 4. The maximum absolute atomic E-state index is 13.1. The number of carbonyl (C=O) groups is 1. The number of benzene rings is 3. The van der Waals surface area contributed by atoms with E-state index < -0.39 is 17.8 Å². The molecular weight excluding hydrogens is 391 g/mol. The second kappa shape index (κ2) is 8.35. The van der Waals surface area contributed by atoms with Gasteiger partial charge in [-0.25, -0.2) is 4.79 Å². The Hall–Kier alpha value is -2.99. The number of halogens is 4. The molecule has 0 heterocycles. The van der Waals surface area contributed by atoms with Gasteiger partial charge in [0.05, 0.1) is 11.3 Å². The van der Waals surface area contributed by atoms with Crippen LogP contribution in [0.2, 0.25) is 5.02 Å². The molecule has 0 aliphatic carbocycles. The summed E-state index contributed by atoms with van der Waals surface area (Å²) in [4.78, 5) is 12.2. The average molecular weight is 406 g/mol. The first-order valence-corrected chi connectivity index (χ1v) is 8.68. The van der Waals surface area contributed by atoms with Crippen LogP contribution >= 0.6 is 11.6 Å². The maximum Gasteiger partial charge on any atom is 0.418 e. The van der Waals surface area contributed by atoms with Crippen LogP contribution in [0.25, 0.3) is 0 Å². The zero-order chi connectivity index (χ0) is 20.1. The van der Waals surface area contributed by atoms with Gasteiger partial charge in [-0.2, -0.15) is 13.2 Å². The summed E-state index contributed by atoms with van der Waals surface area (Å²) in [6.07, 6.45) is -5.17. The summed E-state index contributed by atoms with van der Waals surface area (Å²) in [5, 5.41) is 2.62. The molecule has 28 heavy (non-hydrogen) atoms. The third kappa shape index (κ3) is 5.04. The van der Waals surface area contributed by atoms with E-state index in [9.17, 15) is 18.0 Å². The molecule has 0 unspecified atom stereocenters. The predicted octanol–water partition coefficient (Wildman–Crippen LogP) is 6.56. The highest BCUT2D eigenvalue weighted by molar-refractivity contribution is 6.30. The lowest BCUT2D eigenvalue weighted by atomic mass is 10.0. The predicted molar refractivity (Wildman–Crippen MR) is 102 cm³/mol. The largest absolute Gasteiger partial charge is 0.418 e. The van der Waals surface area contributed by atoms with Gasteiger partial charge in [0, 0.05) is 17.0 Å². The van der Waals surface area contributed by atoms with E-state index in [1.54, 1.807) is 12.1 Å². The van der Waals surface area contributed by atoms with Crippen LogP contribution in [0.4, 0.5) is 23.7 Å². The second-order valence-corrected chi connectivity index (χ2v) is 6.41. The van der Waals surface area contributed by atoms with Gasteiger partial charge in [0.15, 0.2) is 0 Å². The van der Waals surface area contributed by atoms with E-state index in [4.69, 9.17) is 16.3 Å². The molecule has 3 rings (SSSR count). The van der Waals surface area contributed by atoms with Crippen LogP contribution in [0.5, 0.6) is 5.75 Å². The van der Waals surface area contributed by atoms with Gasteiger partial charge in [0.1, 0.15) is 5.75 Å². The molecule has 1 amide bonds. The molecule has 3 aromatic rings. The third-order valence-corrected chi connectivity index (χ3v) is 4.17. The van der Waals surface area contributed by atoms with Gasteiger partial charge in [-0.1, -0.05) is 54.1 Å². The molecule has 3 aromatic carbocycles. The Bertz CT molecular complexity index is 975. The van der Waals surface area contributed by atoms with Crippen LogP contribution in [0, 0.1) is 0 Å². The minimum absolute atomic E-state index is 0.218. The minimum Gasteiger partial charge on any atom is -0.410 e. The molecule has 0 saturated heterocycles. The number of para-hydroxylation sites is 1. The fourth-order valence-corrected chi connectivity index (χ4v) is 2.87. The highest BCUT2D eigenvalue weighted by Crippen LogP contribution is 2.34. The Morgan fingerprint density at radius 1 is 0.964 bits per heavy atom. The Morgan fingerprint density at radius 2 is 1.64 bits per heavy atom. The number of ether oxygens (including phenoxy) is 1. The summed E-state index contributed by atoms with van der Waals surface area (Å²) in [7, 11) is 0. The Labute approximate surface area is 164 Å². The van der Waals surface area contributed by atoms with Gasteiger partial charge in [0.25, 0.3) is 0 Å². The van der Waals surface area contributed by atoms with E-state index in [0.717, 1.165) is 17.7 Å². The fraction of sp³-hybridized carbons (Fsp3) is 0.0952. The lowest BCUT2D eigenvalue weighted by Crippen LogP contribution is -2.20. The molecule has 0 aliphatic heterocycles. The molecule has 0 saturated carbocycles. The molecule has 0 atom stereocenters. The van der Waals surface area contributed by atoms with Crippen LogP contribution in [0.1, 0.15) is 16.7 Å². The van der Waals surface area contributed by atoms with Gasteiger partial charge in [-0.15, -0.1) is 0 Å². The van der Waals surface area contributed by atoms with E-state index in [1.165, 1.54) is 18.2 Å². The number of amides is 1. The van der Waals surface area contributed by atoms with Gasteiger partial charge >= 0.3 is 12.3 Å². The highest BCUT2D eigenvalue weighted by atomic mass is 35.5. The summed E-state index contributed by atoms with van der Waals surface area (Å²) in [5.74, 6) is 0.218. The SMILES string of the molecule is O=C(Nc1ccccc1C(F)(F)F)Oc1ccc(Cl)cc1Cc1ccccc1. The van der Waals surface area contributed by atoms with Crippen molar-refractivity contribution < 1.29 is 22.7 Å². The smallest absolute Gasteiger partial charge is 0.410 e. The van der Waals surface area contributed by atoms with Crippen molar-refractivity contribution in [2.75, 3.05) is 5.32 Å². The average Bonchev–Trinajstić information content (AvgIpc) is 2.64. The first kappa shape index (κ1) is 19.8. The normalized spacial score (nSPS) is 11.1. The van der Waals surface area contributed by atoms with Crippen molar-refractivity contribution in [3.63, 3.8) is 0 Å². The number of hydrogen-bond acceptors (Lipinski definition) is 2. The molecule has 3 nitrogen and oxygen atoms in total. The number of hydrogen-bond donors (Lipinski definition) is 1. The Balaban J connectivity index is 1.80. The molecule has 7 heteroatoms. The fourth-order valence-electron chi connectivity index (χ4n) is 2.68. The molecular formula is C21H15ClF3NO2. The van der Waals surface area contributed by atoms with Gasteiger partial charge in [-0.05, 0) is 35.9 Å². The molecule has 0 radical (unpaired) electrons. The van der Waals surface area contributed by atoms with E-state index >= 15 is 0 Å². The van der Waals surface area contributed by atoms with Crippen LogP contribution < -0.4 is 10.1 Å². The van der Waals surface area contributed by atoms with E-state index in [0.29, 0.717) is 17.0 Å². The zero-order valence-corrected chi connectivity index (χ0v) is 15.2. The molecule has 0 spiro atoms. The summed E-state index contributed by atoms with van der Waals surface area (Å²) < 4.78 is 44.5. The Morgan fingerprint density at radius 3 is 2.36 bits per heavy atom.